The first kappa shape index (κ1) is 24.5. The number of carbonyl (C=O) groups excluding carboxylic acids is 1. The Bertz CT molecular complexity index is 1080. The van der Waals surface area contributed by atoms with E-state index in [2.05, 4.69) is 25.8 Å². The monoisotopic (exact) mass is 497 g/mol. The van der Waals surface area contributed by atoms with Crippen LogP contribution in [0.15, 0.2) is 35.4 Å². The normalized spacial score (nSPS) is 14.2. The zero-order chi connectivity index (χ0) is 23.7. The van der Waals surface area contributed by atoms with Crippen LogP contribution >= 0.6 is 11.6 Å². The van der Waals surface area contributed by atoms with Gasteiger partial charge in [-0.3, -0.25) is 5.43 Å². The van der Waals surface area contributed by atoms with Crippen molar-refractivity contribution in [1.29, 1.82) is 0 Å². The number of aromatic nitrogens is 2. The number of hydrogen-bond donors (Lipinski definition) is 3. The van der Waals surface area contributed by atoms with Crippen molar-refractivity contribution in [1.82, 2.24) is 20.0 Å². The molecule has 0 radical (unpaired) electrons. The molecular weight excluding hydrogens is 474 g/mol. The number of rotatable bonds is 9. The van der Waals surface area contributed by atoms with Crippen LogP contribution in [-0.4, -0.2) is 76.3 Å². The maximum absolute atomic E-state index is 11.5. The number of hydrogen-bond acceptors (Lipinski definition) is 10. The largest absolute Gasteiger partial charge is 0.461 e. The van der Waals surface area contributed by atoms with Crippen molar-refractivity contribution in [3.05, 3.63) is 40.9 Å². The van der Waals surface area contributed by atoms with Gasteiger partial charge in [0.1, 0.15) is 12.4 Å². The van der Waals surface area contributed by atoms with E-state index < -0.39 is 16.1 Å². The van der Waals surface area contributed by atoms with Gasteiger partial charge in [-0.15, -0.1) is 0 Å². The highest BCUT2D eigenvalue weighted by Crippen LogP contribution is 2.20. The van der Waals surface area contributed by atoms with Crippen molar-refractivity contribution in [2.45, 2.75) is 0 Å². The number of amides is 2. The van der Waals surface area contributed by atoms with Crippen LogP contribution in [-0.2, 0) is 14.8 Å². The van der Waals surface area contributed by atoms with E-state index in [0.29, 0.717) is 43.0 Å². The molecule has 0 aliphatic carbocycles. The lowest BCUT2D eigenvalue weighted by Crippen LogP contribution is -2.40. The van der Waals surface area contributed by atoms with E-state index in [1.807, 2.05) is 17.0 Å². The van der Waals surface area contributed by atoms with Crippen LogP contribution in [0.2, 0.25) is 5.02 Å². The summed E-state index contributed by atoms with van der Waals surface area (Å²) in [7, 11) is -3.64. The number of morpholine rings is 1. The molecule has 3 rings (SSSR count). The van der Waals surface area contributed by atoms with E-state index in [-0.39, 0.29) is 19.2 Å². The number of nitrogens with zero attached hydrogens (tertiary/aromatic N) is 4. The minimum Gasteiger partial charge on any atom is -0.461 e. The Morgan fingerprint density at radius 2 is 2.00 bits per heavy atom. The van der Waals surface area contributed by atoms with Gasteiger partial charge in [-0.25, -0.2) is 17.9 Å². The first-order valence-electron chi connectivity index (χ1n) is 9.93. The topological polar surface area (TPSA) is 147 Å². The molecule has 2 heterocycles. The van der Waals surface area contributed by atoms with Gasteiger partial charge in [-0.2, -0.15) is 15.1 Å². The predicted octanol–water partition coefficient (Wildman–Crippen LogP) is 1.05. The van der Waals surface area contributed by atoms with Gasteiger partial charge < -0.3 is 19.7 Å². The van der Waals surface area contributed by atoms with Crippen molar-refractivity contribution in [2.75, 3.05) is 56.0 Å². The second-order valence-corrected chi connectivity index (χ2v) is 9.08. The van der Waals surface area contributed by atoms with Gasteiger partial charge in [-0.1, -0.05) is 23.7 Å². The second-order valence-electron chi connectivity index (χ2n) is 6.89. The van der Waals surface area contributed by atoms with Crippen molar-refractivity contribution in [3.8, 4) is 6.01 Å². The summed E-state index contributed by atoms with van der Waals surface area (Å²) in [6.07, 6.45) is 2.51. The molecule has 2 amide bonds. The molecule has 3 N–H and O–H groups in total. The van der Waals surface area contributed by atoms with Gasteiger partial charge in [0, 0.05) is 24.2 Å². The SMILES string of the molecule is CS(=O)(=O)NC(=O)NCCOc1nc(N/N=C/c2ccc(Cl)cc2)cc(N2CCOCC2)n1. The molecule has 1 aromatic carbocycles. The fourth-order valence-electron chi connectivity index (χ4n) is 2.72. The molecule has 0 bridgehead atoms. The summed E-state index contributed by atoms with van der Waals surface area (Å²) in [6, 6.07) is 8.16. The average Bonchev–Trinajstić information content (AvgIpc) is 2.77. The third-order valence-electron chi connectivity index (χ3n) is 4.19. The summed E-state index contributed by atoms with van der Waals surface area (Å²) in [5.74, 6) is 1.05. The van der Waals surface area contributed by atoms with Gasteiger partial charge in [0.2, 0.25) is 10.0 Å². The fourth-order valence-corrected chi connectivity index (χ4v) is 3.26. The van der Waals surface area contributed by atoms with E-state index in [1.54, 1.807) is 29.1 Å². The number of hydrazone groups is 1. The molecule has 1 saturated heterocycles. The van der Waals surface area contributed by atoms with Crippen LogP contribution in [0.3, 0.4) is 0 Å². The Kier molecular flexibility index (Phi) is 8.63. The summed E-state index contributed by atoms with van der Waals surface area (Å²) in [6.45, 7) is 2.56. The molecule has 12 nitrogen and oxygen atoms in total. The van der Waals surface area contributed by atoms with E-state index in [4.69, 9.17) is 21.1 Å². The molecule has 1 fully saturated rings. The number of benzene rings is 1. The Balaban J connectivity index is 1.64. The highest BCUT2D eigenvalue weighted by atomic mass is 35.5. The number of ether oxygens (including phenoxy) is 2. The van der Waals surface area contributed by atoms with Gasteiger partial charge >= 0.3 is 12.0 Å². The number of sulfonamides is 1. The Labute approximate surface area is 196 Å². The number of carbonyl (C=O) groups is 1. The Morgan fingerprint density at radius 3 is 2.70 bits per heavy atom. The van der Waals surface area contributed by atoms with Crippen molar-refractivity contribution in [3.63, 3.8) is 0 Å². The standard InChI is InChI=1S/C19H24ClN7O5S/c1-33(29,30)26-18(28)21-6-9-32-19-23-16(12-17(24-19)27-7-10-31-11-8-27)25-22-13-14-2-4-15(20)5-3-14/h2-5,12-13H,6-11H2,1H3,(H2,21,26,28)(H,23,24,25)/b22-13+. The van der Waals surface area contributed by atoms with Crippen LogP contribution < -0.4 is 25.1 Å². The van der Waals surface area contributed by atoms with Gasteiger partial charge in [0.25, 0.3) is 0 Å². The quantitative estimate of drug-likeness (QED) is 0.262. The first-order chi connectivity index (χ1) is 15.8. The summed E-state index contributed by atoms with van der Waals surface area (Å²) >= 11 is 5.89. The van der Waals surface area contributed by atoms with E-state index in [9.17, 15) is 13.2 Å². The van der Waals surface area contributed by atoms with Crippen LogP contribution in [0.5, 0.6) is 6.01 Å². The number of anilines is 2. The molecule has 0 saturated carbocycles. The van der Waals surface area contributed by atoms with Crippen molar-refractivity contribution in [2.24, 2.45) is 5.10 Å². The maximum atomic E-state index is 11.5. The first-order valence-corrected chi connectivity index (χ1v) is 12.2. The molecule has 0 atom stereocenters. The number of urea groups is 1. The number of halogens is 1. The highest BCUT2D eigenvalue weighted by Gasteiger charge is 2.16. The van der Waals surface area contributed by atoms with Crippen LogP contribution in [0.1, 0.15) is 5.56 Å². The van der Waals surface area contributed by atoms with Gasteiger partial charge in [-0.05, 0) is 17.7 Å². The molecule has 178 valence electrons. The van der Waals surface area contributed by atoms with E-state index >= 15 is 0 Å². The van der Waals surface area contributed by atoms with E-state index in [1.165, 1.54) is 0 Å². The maximum Gasteiger partial charge on any atom is 0.328 e. The highest BCUT2D eigenvalue weighted by molar-refractivity contribution is 7.89. The molecule has 33 heavy (non-hydrogen) atoms. The van der Waals surface area contributed by atoms with Gasteiger partial charge in [0.05, 0.1) is 32.2 Å². The smallest absolute Gasteiger partial charge is 0.328 e. The third kappa shape index (κ3) is 8.71. The lowest BCUT2D eigenvalue weighted by Gasteiger charge is -2.28. The van der Waals surface area contributed by atoms with Gasteiger partial charge in [0.15, 0.2) is 5.82 Å². The van der Waals surface area contributed by atoms with Crippen molar-refractivity contribution >= 4 is 45.5 Å². The molecule has 0 spiro atoms. The fraction of sp³-hybridized carbons (Fsp3) is 0.368. The van der Waals surface area contributed by atoms with Crippen LogP contribution in [0.25, 0.3) is 0 Å². The molecular formula is C19H24ClN7O5S. The lowest BCUT2D eigenvalue weighted by atomic mass is 10.2. The van der Waals surface area contributed by atoms with Crippen LogP contribution in [0, 0.1) is 0 Å². The Morgan fingerprint density at radius 1 is 1.27 bits per heavy atom. The predicted molar refractivity (Wildman–Crippen MR) is 125 cm³/mol. The van der Waals surface area contributed by atoms with Crippen molar-refractivity contribution < 1.29 is 22.7 Å². The number of nitrogens with one attached hydrogen (secondary N) is 3. The summed E-state index contributed by atoms with van der Waals surface area (Å²) < 4.78 is 34.9. The third-order valence-corrected chi connectivity index (χ3v) is 4.99. The minimum absolute atomic E-state index is 0.0250. The molecule has 0 unspecified atom stereocenters. The van der Waals surface area contributed by atoms with Crippen LogP contribution in [0.4, 0.5) is 16.4 Å². The zero-order valence-corrected chi connectivity index (χ0v) is 19.4. The summed E-state index contributed by atoms with van der Waals surface area (Å²) in [5.41, 5.74) is 3.71. The lowest BCUT2D eigenvalue weighted by molar-refractivity contribution is 0.122. The van der Waals surface area contributed by atoms with E-state index in [0.717, 1.165) is 11.8 Å². The molecule has 14 heteroatoms. The molecule has 1 aliphatic rings. The average molecular weight is 498 g/mol. The summed E-state index contributed by atoms with van der Waals surface area (Å²) in [4.78, 5) is 22.2. The zero-order valence-electron chi connectivity index (χ0n) is 17.8. The molecule has 1 aliphatic heterocycles. The second kappa shape index (κ2) is 11.6. The minimum atomic E-state index is -3.64. The summed E-state index contributed by atoms with van der Waals surface area (Å²) in [5, 5.41) is 7.20. The Hall–Kier alpha value is -3.16. The molecule has 2 aromatic rings. The molecule has 1 aromatic heterocycles.